The van der Waals surface area contributed by atoms with Crippen molar-refractivity contribution in [3.63, 3.8) is 0 Å². The number of piperidine rings is 2. The van der Waals surface area contributed by atoms with E-state index in [1.54, 1.807) is 4.31 Å². The summed E-state index contributed by atoms with van der Waals surface area (Å²) in [5, 5.41) is 1.10. The summed E-state index contributed by atoms with van der Waals surface area (Å²) in [6.07, 6.45) is 8.24. The van der Waals surface area contributed by atoms with Crippen LogP contribution in [0, 0.1) is 0 Å². The highest BCUT2D eigenvalue weighted by Crippen LogP contribution is 2.37. The highest BCUT2D eigenvalue weighted by molar-refractivity contribution is 7.89. The number of primary amides is 1. The maximum atomic E-state index is 13.0. The molecule has 5 rings (SSSR count). The molecule has 0 spiro atoms. The lowest BCUT2D eigenvalue weighted by Gasteiger charge is -2.32. The first-order valence-electron chi connectivity index (χ1n) is 13.6. The summed E-state index contributed by atoms with van der Waals surface area (Å²) in [4.78, 5) is 17.6. The molecule has 3 heterocycles. The second-order valence-electron chi connectivity index (χ2n) is 10.6. The molecule has 198 valence electrons. The number of carbonyl (C=O) groups excluding carboxylic acids is 1. The maximum Gasteiger partial charge on any atom is 0.221 e. The number of nitrogens with two attached hydrogens (primary N) is 1. The number of aromatic nitrogens is 1. The van der Waals surface area contributed by atoms with Gasteiger partial charge < -0.3 is 15.6 Å². The van der Waals surface area contributed by atoms with Gasteiger partial charge in [0.1, 0.15) is 0 Å². The number of fused-ring (bicyclic) bond motifs is 1. The van der Waals surface area contributed by atoms with Gasteiger partial charge in [0, 0.05) is 30.2 Å². The molecule has 0 bridgehead atoms. The van der Waals surface area contributed by atoms with Crippen molar-refractivity contribution in [2.75, 3.05) is 38.5 Å². The quantitative estimate of drug-likeness (QED) is 0.439. The van der Waals surface area contributed by atoms with Crippen LogP contribution in [0.2, 0.25) is 0 Å². The van der Waals surface area contributed by atoms with Crippen molar-refractivity contribution in [1.82, 2.24) is 14.2 Å². The lowest BCUT2D eigenvalue weighted by atomic mass is 9.88. The summed E-state index contributed by atoms with van der Waals surface area (Å²) in [7, 11) is -3.23. The molecule has 0 aliphatic carbocycles. The highest BCUT2D eigenvalue weighted by Gasteiger charge is 2.30. The van der Waals surface area contributed by atoms with E-state index in [0.717, 1.165) is 60.1 Å². The van der Waals surface area contributed by atoms with Crippen LogP contribution in [-0.2, 0) is 21.2 Å². The van der Waals surface area contributed by atoms with E-state index >= 15 is 0 Å². The largest absolute Gasteiger partial charge is 0.369 e. The van der Waals surface area contributed by atoms with Gasteiger partial charge in [-0.25, -0.2) is 12.7 Å². The second kappa shape index (κ2) is 11.4. The minimum absolute atomic E-state index is 0.172. The molecule has 3 N–H and O–H groups in total. The molecular formula is C29H38N4O3S. The Morgan fingerprint density at radius 2 is 1.70 bits per heavy atom. The van der Waals surface area contributed by atoms with Gasteiger partial charge in [-0.1, -0.05) is 36.8 Å². The van der Waals surface area contributed by atoms with Crippen LogP contribution >= 0.6 is 0 Å². The molecule has 0 saturated carbocycles. The summed E-state index contributed by atoms with van der Waals surface area (Å²) >= 11 is 0. The predicted octanol–water partition coefficient (Wildman–Crippen LogP) is 4.25. The van der Waals surface area contributed by atoms with E-state index in [9.17, 15) is 13.2 Å². The van der Waals surface area contributed by atoms with Gasteiger partial charge in [0.15, 0.2) is 0 Å². The lowest BCUT2D eigenvalue weighted by molar-refractivity contribution is -0.117. The van der Waals surface area contributed by atoms with Crippen LogP contribution in [-0.4, -0.2) is 67.0 Å². The van der Waals surface area contributed by atoms with Gasteiger partial charge >= 0.3 is 0 Å². The maximum absolute atomic E-state index is 13.0. The molecule has 2 aliphatic heterocycles. The van der Waals surface area contributed by atoms with Gasteiger partial charge in [-0.3, -0.25) is 4.79 Å². The van der Waals surface area contributed by atoms with Gasteiger partial charge in [0.2, 0.25) is 15.9 Å². The number of hydrogen-bond donors (Lipinski definition) is 2. The Labute approximate surface area is 220 Å². The van der Waals surface area contributed by atoms with E-state index in [0.29, 0.717) is 19.5 Å². The van der Waals surface area contributed by atoms with E-state index in [4.69, 9.17) is 5.73 Å². The minimum atomic E-state index is -3.23. The Balaban J connectivity index is 1.29. The number of H-pyrrole nitrogens is 1. The fraction of sp³-hybridized carbons (Fsp3) is 0.483. The van der Waals surface area contributed by atoms with Crippen molar-refractivity contribution in [3.05, 3.63) is 59.8 Å². The Bertz CT molecular complexity index is 1320. The monoisotopic (exact) mass is 522 g/mol. The SMILES string of the molecule is NC(=O)Cc1cc(-c2ccccc2)cc2c(C3CCN(S(=O)(=O)CCCN4CCCCC4)CC3)c[nH]c12. The molecule has 8 heteroatoms. The number of aromatic amines is 1. The number of nitrogens with zero attached hydrogens (tertiary/aromatic N) is 2. The van der Waals surface area contributed by atoms with Crippen molar-refractivity contribution in [3.8, 4) is 11.1 Å². The molecule has 2 aliphatic rings. The van der Waals surface area contributed by atoms with E-state index in [2.05, 4.69) is 28.1 Å². The number of nitrogens with one attached hydrogen (secondary N) is 1. The zero-order valence-corrected chi connectivity index (χ0v) is 22.3. The van der Waals surface area contributed by atoms with Crippen LogP contribution < -0.4 is 5.73 Å². The average molecular weight is 523 g/mol. The first-order valence-corrected chi connectivity index (χ1v) is 15.2. The van der Waals surface area contributed by atoms with Gasteiger partial charge in [0.25, 0.3) is 0 Å². The fourth-order valence-corrected chi connectivity index (χ4v) is 7.54. The number of hydrogen-bond acceptors (Lipinski definition) is 4. The third-order valence-electron chi connectivity index (χ3n) is 7.99. The van der Waals surface area contributed by atoms with Crippen molar-refractivity contribution in [2.24, 2.45) is 5.73 Å². The third kappa shape index (κ3) is 6.08. The average Bonchev–Trinajstić information content (AvgIpc) is 3.34. The highest BCUT2D eigenvalue weighted by atomic mass is 32.2. The van der Waals surface area contributed by atoms with Crippen LogP contribution in [0.25, 0.3) is 22.0 Å². The zero-order chi connectivity index (χ0) is 25.8. The molecule has 0 atom stereocenters. The normalized spacial score (nSPS) is 18.4. The third-order valence-corrected chi connectivity index (χ3v) is 9.94. The van der Waals surface area contributed by atoms with E-state index in [1.807, 2.05) is 30.5 Å². The standard InChI is InChI=1S/C29H38N4O3S/c30-28(34)20-25-18-24(22-8-3-1-4-9-22)19-26-27(21-31-29(25)26)23-10-15-33(16-11-23)37(35,36)17-7-14-32-12-5-2-6-13-32/h1,3-4,8-9,18-19,21,23,31H,2,5-7,10-17,20H2,(H2,30,34). The Morgan fingerprint density at radius 3 is 2.41 bits per heavy atom. The first-order chi connectivity index (χ1) is 17.9. The second-order valence-corrected chi connectivity index (χ2v) is 12.6. The van der Waals surface area contributed by atoms with E-state index in [1.165, 1.54) is 24.8 Å². The number of carbonyl (C=O) groups is 1. The minimum Gasteiger partial charge on any atom is -0.369 e. The van der Waals surface area contributed by atoms with Crippen LogP contribution in [0.15, 0.2) is 48.7 Å². The summed E-state index contributed by atoms with van der Waals surface area (Å²) in [6, 6.07) is 14.4. The molecule has 2 fully saturated rings. The van der Waals surface area contributed by atoms with Crippen LogP contribution in [0.4, 0.5) is 0 Å². The molecule has 0 radical (unpaired) electrons. The molecule has 7 nitrogen and oxygen atoms in total. The van der Waals surface area contributed by atoms with Crippen LogP contribution in [0.1, 0.15) is 55.6 Å². The summed E-state index contributed by atoms with van der Waals surface area (Å²) in [5.74, 6) is 0.139. The topological polar surface area (TPSA) is 99.5 Å². The molecular weight excluding hydrogens is 484 g/mol. The van der Waals surface area contributed by atoms with Gasteiger partial charge in [-0.15, -0.1) is 0 Å². The number of benzene rings is 2. The number of amides is 1. The molecule has 1 amide bonds. The van der Waals surface area contributed by atoms with Crippen LogP contribution in [0.5, 0.6) is 0 Å². The summed E-state index contributed by atoms with van der Waals surface area (Å²) in [6.45, 7) is 4.18. The first kappa shape index (κ1) is 25.9. The van der Waals surface area contributed by atoms with Crippen LogP contribution in [0.3, 0.4) is 0 Å². The summed E-state index contributed by atoms with van der Waals surface area (Å²) in [5.41, 5.74) is 10.7. The van der Waals surface area contributed by atoms with Crippen molar-refractivity contribution < 1.29 is 13.2 Å². The zero-order valence-electron chi connectivity index (χ0n) is 21.5. The van der Waals surface area contributed by atoms with Gasteiger partial charge in [-0.2, -0.15) is 0 Å². The molecule has 37 heavy (non-hydrogen) atoms. The Hall–Kier alpha value is -2.68. The van der Waals surface area contributed by atoms with E-state index < -0.39 is 10.0 Å². The lowest BCUT2D eigenvalue weighted by Crippen LogP contribution is -2.40. The Kier molecular flexibility index (Phi) is 7.98. The molecule has 3 aromatic rings. The van der Waals surface area contributed by atoms with E-state index in [-0.39, 0.29) is 24.0 Å². The summed E-state index contributed by atoms with van der Waals surface area (Å²) < 4.78 is 27.8. The van der Waals surface area contributed by atoms with Crippen molar-refractivity contribution in [1.29, 1.82) is 0 Å². The molecule has 1 aromatic heterocycles. The van der Waals surface area contributed by atoms with Crippen molar-refractivity contribution in [2.45, 2.75) is 50.9 Å². The number of rotatable bonds is 9. The number of likely N-dealkylation sites (tertiary alicyclic amines) is 1. The molecule has 0 unspecified atom stereocenters. The predicted molar refractivity (Wildman–Crippen MR) is 149 cm³/mol. The van der Waals surface area contributed by atoms with Gasteiger partial charge in [-0.05, 0) is 92.0 Å². The Morgan fingerprint density at radius 1 is 0.973 bits per heavy atom. The molecule has 2 aromatic carbocycles. The molecule has 2 saturated heterocycles. The van der Waals surface area contributed by atoms with Gasteiger partial charge in [0.05, 0.1) is 12.2 Å². The van der Waals surface area contributed by atoms with Crippen molar-refractivity contribution >= 4 is 26.8 Å². The smallest absolute Gasteiger partial charge is 0.221 e. The number of sulfonamides is 1. The fourth-order valence-electron chi connectivity index (χ4n) is 6.02.